The van der Waals surface area contributed by atoms with Gasteiger partial charge in [0.25, 0.3) is 0 Å². The minimum atomic E-state index is -0.0374. The summed E-state index contributed by atoms with van der Waals surface area (Å²) in [4.78, 5) is 14.5. The lowest BCUT2D eigenvalue weighted by atomic mass is 9.82. The van der Waals surface area contributed by atoms with Crippen molar-refractivity contribution in [1.29, 1.82) is 0 Å². The van der Waals surface area contributed by atoms with Gasteiger partial charge in [-0.25, -0.2) is 9.97 Å². The van der Waals surface area contributed by atoms with Gasteiger partial charge in [-0.2, -0.15) is 0 Å². The molecule has 1 aliphatic rings. The van der Waals surface area contributed by atoms with E-state index < -0.39 is 0 Å². The fourth-order valence-corrected chi connectivity index (χ4v) is 7.55. The molecule has 3 nitrogen and oxygen atoms in total. The zero-order valence-electron chi connectivity index (χ0n) is 28.6. The van der Waals surface area contributed by atoms with Gasteiger partial charge in [0.05, 0.1) is 11.4 Å². The molecule has 6 aromatic carbocycles. The Morgan fingerprint density at radius 3 is 1.73 bits per heavy atom. The zero-order chi connectivity index (χ0) is 34.4. The quantitative estimate of drug-likeness (QED) is 0.179. The van der Waals surface area contributed by atoms with E-state index in [0.717, 1.165) is 44.8 Å². The number of rotatable bonds is 6. The Balaban J connectivity index is 1.11. The highest BCUT2D eigenvalue weighted by Crippen LogP contribution is 2.52. The van der Waals surface area contributed by atoms with Crippen molar-refractivity contribution in [1.82, 2.24) is 15.0 Å². The minimum Gasteiger partial charge on any atom is -0.264 e. The number of aromatic nitrogens is 3. The van der Waals surface area contributed by atoms with Gasteiger partial charge in [-0.3, -0.25) is 4.98 Å². The van der Waals surface area contributed by atoms with Gasteiger partial charge in [0, 0.05) is 34.5 Å². The van der Waals surface area contributed by atoms with Gasteiger partial charge in [0.15, 0.2) is 5.82 Å². The van der Waals surface area contributed by atoms with Crippen molar-refractivity contribution >= 4 is 0 Å². The normalized spacial score (nSPS) is 12.7. The monoisotopic (exact) mass is 653 g/mol. The zero-order valence-corrected chi connectivity index (χ0v) is 28.6. The predicted molar refractivity (Wildman–Crippen MR) is 210 cm³/mol. The van der Waals surface area contributed by atoms with Crippen LogP contribution >= 0.6 is 0 Å². The smallest absolute Gasteiger partial charge is 0.160 e. The van der Waals surface area contributed by atoms with Gasteiger partial charge in [-0.05, 0) is 79.9 Å². The van der Waals surface area contributed by atoms with Crippen molar-refractivity contribution in [2.45, 2.75) is 19.3 Å². The number of pyridine rings is 1. The molecule has 0 fully saturated rings. The van der Waals surface area contributed by atoms with E-state index in [9.17, 15) is 0 Å². The van der Waals surface area contributed by atoms with Crippen LogP contribution in [0.25, 0.3) is 78.4 Å². The van der Waals surface area contributed by atoms with Crippen molar-refractivity contribution in [3.8, 4) is 78.4 Å². The maximum atomic E-state index is 5.12. The summed E-state index contributed by atoms with van der Waals surface area (Å²) in [6.45, 7) is 4.67. The third-order valence-electron chi connectivity index (χ3n) is 10.2. The molecular formula is C48H35N3. The molecule has 51 heavy (non-hydrogen) atoms. The summed E-state index contributed by atoms with van der Waals surface area (Å²) in [5, 5.41) is 0. The molecular weight excluding hydrogens is 619 g/mol. The highest BCUT2D eigenvalue weighted by Gasteiger charge is 2.36. The van der Waals surface area contributed by atoms with Crippen molar-refractivity contribution in [2.75, 3.05) is 0 Å². The molecule has 3 heteroatoms. The molecule has 1 aliphatic carbocycles. The van der Waals surface area contributed by atoms with Crippen LogP contribution in [-0.4, -0.2) is 15.0 Å². The summed E-state index contributed by atoms with van der Waals surface area (Å²) < 4.78 is 0. The van der Waals surface area contributed by atoms with Crippen LogP contribution in [0.5, 0.6) is 0 Å². The van der Waals surface area contributed by atoms with Crippen LogP contribution in [0.1, 0.15) is 25.0 Å². The molecule has 0 bridgehead atoms. The second-order valence-corrected chi connectivity index (χ2v) is 13.7. The summed E-state index contributed by atoms with van der Waals surface area (Å²) in [5.41, 5.74) is 17.2. The van der Waals surface area contributed by atoms with Gasteiger partial charge in [-0.1, -0.05) is 153 Å². The molecule has 0 saturated carbocycles. The minimum absolute atomic E-state index is 0.0374. The lowest BCUT2D eigenvalue weighted by molar-refractivity contribution is 0.660. The van der Waals surface area contributed by atoms with Gasteiger partial charge < -0.3 is 0 Å². The summed E-state index contributed by atoms with van der Waals surface area (Å²) in [6, 6.07) is 58.2. The Labute approximate surface area is 299 Å². The van der Waals surface area contributed by atoms with Gasteiger partial charge >= 0.3 is 0 Å². The summed E-state index contributed by atoms with van der Waals surface area (Å²) in [6.07, 6.45) is 3.69. The average molecular weight is 654 g/mol. The van der Waals surface area contributed by atoms with Gasteiger partial charge in [0.2, 0.25) is 0 Å². The first kappa shape index (κ1) is 30.6. The lowest BCUT2D eigenvalue weighted by Gasteiger charge is -2.21. The van der Waals surface area contributed by atoms with Crippen LogP contribution in [-0.2, 0) is 5.41 Å². The van der Waals surface area contributed by atoms with E-state index in [0.29, 0.717) is 5.82 Å². The van der Waals surface area contributed by atoms with Crippen LogP contribution in [0.15, 0.2) is 176 Å². The first-order chi connectivity index (χ1) is 25.0. The third-order valence-corrected chi connectivity index (χ3v) is 10.2. The molecule has 0 aliphatic heterocycles. The molecule has 0 saturated heterocycles. The number of hydrogen-bond acceptors (Lipinski definition) is 3. The highest BCUT2D eigenvalue weighted by molar-refractivity contribution is 5.93. The first-order valence-electron chi connectivity index (χ1n) is 17.4. The molecule has 8 aromatic rings. The Bertz CT molecular complexity index is 2530. The molecule has 242 valence electrons. The number of fused-ring (bicyclic) bond motifs is 3. The first-order valence-corrected chi connectivity index (χ1v) is 17.4. The van der Waals surface area contributed by atoms with E-state index in [1.165, 1.54) is 38.9 Å². The molecule has 0 atom stereocenters. The lowest BCUT2D eigenvalue weighted by Crippen LogP contribution is -2.14. The maximum Gasteiger partial charge on any atom is 0.160 e. The Morgan fingerprint density at radius 1 is 0.392 bits per heavy atom. The van der Waals surface area contributed by atoms with E-state index in [-0.39, 0.29) is 5.41 Å². The molecule has 2 aromatic heterocycles. The van der Waals surface area contributed by atoms with Crippen LogP contribution in [0.4, 0.5) is 0 Å². The molecule has 0 amide bonds. The predicted octanol–water partition coefficient (Wildman–Crippen LogP) is 12.2. The van der Waals surface area contributed by atoms with Gasteiger partial charge in [0.1, 0.15) is 0 Å². The number of nitrogens with zero attached hydrogens (tertiary/aromatic N) is 3. The summed E-state index contributed by atoms with van der Waals surface area (Å²) >= 11 is 0. The second kappa shape index (κ2) is 12.5. The van der Waals surface area contributed by atoms with Crippen LogP contribution in [0.3, 0.4) is 0 Å². The summed E-state index contributed by atoms with van der Waals surface area (Å²) in [5.74, 6) is 0.702. The topological polar surface area (TPSA) is 38.7 Å². The number of hydrogen-bond donors (Lipinski definition) is 0. The van der Waals surface area contributed by atoms with E-state index in [4.69, 9.17) is 9.97 Å². The maximum absolute atomic E-state index is 5.12. The molecule has 2 heterocycles. The molecule has 0 unspecified atom stereocenters. The molecule has 0 spiro atoms. The van der Waals surface area contributed by atoms with E-state index in [2.05, 4.69) is 158 Å². The fraction of sp³-hybridized carbons (Fsp3) is 0.0625. The SMILES string of the molecule is CC1(C)c2ccccc2-c2c(-c3cccc(-c4cccc(-c5cc(-c6ccc(-c7cccnc7)cc6)nc(-c6ccccc6)n5)c4)c3)cccc21. The standard InChI is InChI=1S/C48H35N3/c1-48(2)42-21-7-6-19-41(42)46-40(20-10-22-43(46)48)37-16-8-14-35(28-37)36-15-9-17-38(29-36)45-30-44(50-47(51-45)34-12-4-3-5-13-34)33-25-23-32(24-26-33)39-18-11-27-49-31-39/h3-31H,1-2H3. The van der Waals surface area contributed by atoms with E-state index in [1.54, 1.807) is 6.20 Å². The van der Waals surface area contributed by atoms with Crippen molar-refractivity contribution in [2.24, 2.45) is 0 Å². The van der Waals surface area contributed by atoms with Crippen LogP contribution in [0, 0.1) is 0 Å². The Morgan fingerprint density at radius 2 is 0.961 bits per heavy atom. The molecule has 9 rings (SSSR count). The second-order valence-electron chi connectivity index (χ2n) is 13.7. The Kier molecular flexibility index (Phi) is 7.48. The molecule has 0 N–H and O–H groups in total. The van der Waals surface area contributed by atoms with E-state index in [1.807, 2.05) is 30.5 Å². The van der Waals surface area contributed by atoms with Crippen LogP contribution in [0.2, 0.25) is 0 Å². The van der Waals surface area contributed by atoms with Crippen LogP contribution < -0.4 is 0 Å². The van der Waals surface area contributed by atoms with Crippen molar-refractivity contribution < 1.29 is 0 Å². The Hall–Kier alpha value is -6.45. The van der Waals surface area contributed by atoms with E-state index >= 15 is 0 Å². The number of benzene rings is 6. The third kappa shape index (κ3) is 5.53. The fourth-order valence-electron chi connectivity index (χ4n) is 7.55. The summed E-state index contributed by atoms with van der Waals surface area (Å²) in [7, 11) is 0. The van der Waals surface area contributed by atoms with Gasteiger partial charge in [-0.15, -0.1) is 0 Å². The van der Waals surface area contributed by atoms with Crippen molar-refractivity contribution in [3.05, 3.63) is 187 Å². The average Bonchev–Trinajstić information content (AvgIpc) is 3.44. The van der Waals surface area contributed by atoms with Crippen molar-refractivity contribution in [3.63, 3.8) is 0 Å². The highest BCUT2D eigenvalue weighted by atomic mass is 14.9. The molecule has 0 radical (unpaired) electrons. The largest absolute Gasteiger partial charge is 0.264 e.